The van der Waals surface area contributed by atoms with Gasteiger partial charge in [-0.3, -0.25) is 0 Å². The molecular weight excluding hydrogens is 326 g/mol. The quantitative estimate of drug-likeness (QED) is 0.461. The number of nitrogens with one attached hydrogen (secondary N) is 2. The molecule has 2 saturated carbocycles. The van der Waals surface area contributed by atoms with Crippen molar-refractivity contribution in [3.8, 4) is 0 Å². The highest BCUT2D eigenvalue weighted by molar-refractivity contribution is 6.30. The Balaban J connectivity index is 1.35. The van der Waals surface area contributed by atoms with Gasteiger partial charge in [0.1, 0.15) is 0 Å². The van der Waals surface area contributed by atoms with Crippen LogP contribution < -0.4 is 10.6 Å². The smallest absolute Gasteiger partial charge is 0.315 e. The van der Waals surface area contributed by atoms with Gasteiger partial charge in [0.05, 0.1) is 0 Å². The molecule has 0 radical (unpaired) electrons. The van der Waals surface area contributed by atoms with Crippen molar-refractivity contribution in [2.75, 3.05) is 0 Å². The van der Waals surface area contributed by atoms with E-state index in [0.717, 1.165) is 31.2 Å². The maximum Gasteiger partial charge on any atom is 0.315 e. The molecule has 1 unspecified atom stereocenters. The first-order valence-electron chi connectivity index (χ1n) is 8.33. The van der Waals surface area contributed by atoms with E-state index in [-0.39, 0.29) is 18.1 Å². The van der Waals surface area contributed by atoms with Crippen LogP contribution in [-0.2, 0) is 6.54 Å². The number of urea groups is 1. The van der Waals surface area contributed by atoms with Crippen molar-refractivity contribution >= 4 is 17.6 Å². The molecule has 24 heavy (non-hydrogen) atoms. The second-order valence-corrected chi connectivity index (χ2v) is 7.61. The molecule has 2 amide bonds. The van der Waals surface area contributed by atoms with Crippen LogP contribution >= 0.6 is 11.6 Å². The topological polar surface area (TPSA) is 89.9 Å². The molecule has 0 bridgehead atoms. The second-order valence-electron chi connectivity index (χ2n) is 7.17. The standard InChI is InChI=1S/C17H22ClN5O/c1-11(22-23-19)13-6-17(7-13)8-15(9-17)21-16(24)20-10-12-2-4-14(18)5-3-12/h2-5,11,13,15H,6-10H2,1H3,(H2,20,21,24). The lowest BCUT2D eigenvalue weighted by molar-refractivity contribution is -0.0526. The zero-order chi connectivity index (χ0) is 17.2. The number of benzene rings is 1. The minimum absolute atomic E-state index is 0.0790. The van der Waals surface area contributed by atoms with E-state index in [0.29, 0.717) is 22.9 Å². The Bertz CT molecular complexity index is 641. The van der Waals surface area contributed by atoms with Crippen molar-refractivity contribution in [3.05, 3.63) is 45.3 Å². The molecular formula is C17H22ClN5O. The van der Waals surface area contributed by atoms with Crippen molar-refractivity contribution in [1.82, 2.24) is 10.6 Å². The highest BCUT2D eigenvalue weighted by Crippen LogP contribution is 2.59. The second kappa shape index (κ2) is 6.91. The van der Waals surface area contributed by atoms with Gasteiger partial charge >= 0.3 is 6.03 Å². The number of hydrogen-bond donors (Lipinski definition) is 2. The van der Waals surface area contributed by atoms with E-state index in [1.807, 2.05) is 31.2 Å². The highest BCUT2D eigenvalue weighted by atomic mass is 35.5. The zero-order valence-corrected chi connectivity index (χ0v) is 14.5. The van der Waals surface area contributed by atoms with E-state index in [4.69, 9.17) is 17.1 Å². The first-order chi connectivity index (χ1) is 11.5. The monoisotopic (exact) mass is 347 g/mol. The Morgan fingerprint density at radius 1 is 1.38 bits per heavy atom. The molecule has 7 heteroatoms. The Kier molecular flexibility index (Phi) is 4.88. The van der Waals surface area contributed by atoms with Crippen molar-refractivity contribution in [3.63, 3.8) is 0 Å². The van der Waals surface area contributed by atoms with Crippen LogP contribution in [0.1, 0.15) is 38.2 Å². The molecule has 0 saturated heterocycles. The fraction of sp³-hybridized carbons (Fsp3) is 0.588. The first kappa shape index (κ1) is 16.9. The van der Waals surface area contributed by atoms with Crippen molar-refractivity contribution in [1.29, 1.82) is 0 Å². The van der Waals surface area contributed by atoms with Gasteiger partial charge in [-0.2, -0.15) is 0 Å². The average molecular weight is 348 g/mol. The van der Waals surface area contributed by atoms with Gasteiger partial charge in [0.25, 0.3) is 0 Å². The molecule has 2 aliphatic rings. The Hall–Kier alpha value is -1.91. The fourth-order valence-corrected chi connectivity index (χ4v) is 4.14. The van der Waals surface area contributed by atoms with Crippen LogP contribution in [0.25, 0.3) is 10.4 Å². The lowest BCUT2D eigenvalue weighted by Crippen LogP contribution is -2.58. The van der Waals surface area contributed by atoms with Crippen LogP contribution in [0.4, 0.5) is 4.79 Å². The van der Waals surface area contributed by atoms with E-state index in [1.54, 1.807) is 0 Å². The molecule has 1 aromatic rings. The molecule has 0 heterocycles. The van der Waals surface area contributed by atoms with Gasteiger partial charge in [-0.05, 0) is 60.2 Å². The maximum atomic E-state index is 12.0. The SMILES string of the molecule is CC(N=[N+]=[N-])C1CC2(CC(NC(=O)NCc3ccc(Cl)cc3)C2)C1. The number of carbonyl (C=O) groups excluding carboxylic acids is 1. The number of carbonyl (C=O) groups is 1. The number of azide groups is 1. The van der Waals surface area contributed by atoms with Crippen LogP contribution in [0.15, 0.2) is 29.4 Å². The number of halogens is 1. The van der Waals surface area contributed by atoms with E-state index in [1.165, 1.54) is 0 Å². The predicted molar refractivity (Wildman–Crippen MR) is 93.6 cm³/mol. The van der Waals surface area contributed by atoms with E-state index in [2.05, 4.69) is 20.7 Å². The number of amides is 2. The summed E-state index contributed by atoms with van der Waals surface area (Å²) >= 11 is 5.84. The maximum absolute atomic E-state index is 12.0. The average Bonchev–Trinajstić information content (AvgIpc) is 2.48. The van der Waals surface area contributed by atoms with Gasteiger partial charge in [-0.15, -0.1) is 0 Å². The predicted octanol–water partition coefficient (Wildman–Crippen LogP) is 4.40. The third-order valence-electron chi connectivity index (χ3n) is 5.37. The van der Waals surface area contributed by atoms with Crippen molar-refractivity contribution < 1.29 is 4.79 Å². The van der Waals surface area contributed by atoms with Crippen LogP contribution in [0.2, 0.25) is 5.02 Å². The summed E-state index contributed by atoms with van der Waals surface area (Å²) in [7, 11) is 0. The van der Waals surface area contributed by atoms with Crippen molar-refractivity contribution in [2.24, 2.45) is 16.4 Å². The summed E-state index contributed by atoms with van der Waals surface area (Å²) in [6.45, 7) is 2.47. The van der Waals surface area contributed by atoms with Crippen LogP contribution in [-0.4, -0.2) is 18.1 Å². The Morgan fingerprint density at radius 3 is 2.67 bits per heavy atom. The number of nitrogens with zero attached hydrogens (tertiary/aromatic N) is 3. The summed E-state index contributed by atoms with van der Waals surface area (Å²) in [6.07, 6.45) is 4.28. The minimum Gasteiger partial charge on any atom is -0.335 e. The zero-order valence-electron chi connectivity index (χ0n) is 13.7. The summed E-state index contributed by atoms with van der Waals surface area (Å²) in [5.74, 6) is 0.501. The molecule has 1 aromatic carbocycles. The molecule has 3 rings (SSSR count). The summed E-state index contributed by atoms with van der Waals surface area (Å²) in [5.41, 5.74) is 9.89. The number of rotatable bonds is 5. The van der Waals surface area contributed by atoms with Gasteiger partial charge < -0.3 is 10.6 Å². The van der Waals surface area contributed by atoms with Crippen LogP contribution in [0.3, 0.4) is 0 Å². The molecule has 2 aliphatic carbocycles. The largest absolute Gasteiger partial charge is 0.335 e. The van der Waals surface area contributed by atoms with Crippen molar-refractivity contribution in [2.45, 2.75) is 51.2 Å². The molecule has 2 fully saturated rings. The van der Waals surface area contributed by atoms with Gasteiger partial charge in [0.15, 0.2) is 0 Å². The molecule has 6 nitrogen and oxygen atoms in total. The third kappa shape index (κ3) is 3.77. The normalized spacial score (nSPS) is 28.9. The summed E-state index contributed by atoms with van der Waals surface area (Å²) in [5, 5.41) is 10.4. The molecule has 1 atom stereocenters. The third-order valence-corrected chi connectivity index (χ3v) is 5.62. The summed E-state index contributed by atoms with van der Waals surface area (Å²) < 4.78 is 0. The van der Waals surface area contributed by atoms with Gasteiger partial charge in [-0.1, -0.05) is 35.8 Å². The summed E-state index contributed by atoms with van der Waals surface area (Å²) in [4.78, 5) is 14.8. The Morgan fingerprint density at radius 2 is 2.04 bits per heavy atom. The van der Waals surface area contributed by atoms with E-state index in [9.17, 15) is 4.79 Å². The van der Waals surface area contributed by atoms with E-state index >= 15 is 0 Å². The summed E-state index contributed by atoms with van der Waals surface area (Å²) in [6, 6.07) is 7.65. The molecule has 0 aliphatic heterocycles. The minimum atomic E-state index is -0.122. The Labute approximate surface area is 146 Å². The lowest BCUT2D eigenvalue weighted by Gasteiger charge is -2.58. The number of hydrogen-bond acceptors (Lipinski definition) is 2. The molecule has 128 valence electrons. The van der Waals surface area contributed by atoms with Crippen LogP contribution in [0, 0.1) is 11.3 Å². The van der Waals surface area contributed by atoms with Gasteiger partial charge in [-0.25, -0.2) is 4.79 Å². The van der Waals surface area contributed by atoms with Gasteiger partial charge in [0.2, 0.25) is 0 Å². The van der Waals surface area contributed by atoms with Crippen LogP contribution in [0.5, 0.6) is 0 Å². The fourth-order valence-electron chi connectivity index (χ4n) is 4.01. The molecule has 2 N–H and O–H groups in total. The molecule has 1 spiro atoms. The highest BCUT2D eigenvalue weighted by Gasteiger charge is 2.53. The van der Waals surface area contributed by atoms with E-state index < -0.39 is 0 Å². The van der Waals surface area contributed by atoms with Gasteiger partial charge in [0, 0.05) is 28.6 Å². The lowest BCUT2D eigenvalue weighted by atomic mass is 9.49. The first-order valence-corrected chi connectivity index (χ1v) is 8.70. The molecule has 0 aromatic heterocycles.